The molecule has 5 aliphatic rings. The third kappa shape index (κ3) is 20.3. The summed E-state index contributed by atoms with van der Waals surface area (Å²) in [6.45, 7) is -0.383. The summed E-state index contributed by atoms with van der Waals surface area (Å²) in [6, 6.07) is 28.3. The van der Waals surface area contributed by atoms with Crippen LogP contribution in [0.15, 0.2) is 116 Å². The number of carbonyl (C=O) groups excluding carboxylic acids is 7. The molecular weight excluding hydrogens is 1230 g/mol. The van der Waals surface area contributed by atoms with Crippen molar-refractivity contribution in [3.05, 3.63) is 124 Å². The molecule has 86 heavy (non-hydrogen) atoms. The minimum Gasteiger partial charge on any atom is -0.398 e. The number of isocyanates is 1. The summed E-state index contributed by atoms with van der Waals surface area (Å²) >= 11 is 30.2. The number of anilines is 3. The number of nitrogens with one attached hydrogen (secondary N) is 2. The number of alkyl halides is 6. The first-order valence-electron chi connectivity index (χ1n) is 28.6. The Morgan fingerprint density at radius 2 is 1.20 bits per heavy atom. The van der Waals surface area contributed by atoms with E-state index in [1.807, 2.05) is 42.5 Å². The molecule has 0 spiro atoms. The predicted molar refractivity (Wildman–Crippen MR) is 332 cm³/mol. The molecule has 1 aliphatic heterocycles. The van der Waals surface area contributed by atoms with E-state index in [0.717, 1.165) is 101 Å². The number of ketones is 3. The number of hydrogen-bond acceptors (Lipinski definition) is 15. The summed E-state index contributed by atoms with van der Waals surface area (Å²) in [7, 11) is 0. The zero-order chi connectivity index (χ0) is 61.8. The number of urea groups is 1. The third-order valence-corrected chi connectivity index (χ3v) is 15.8. The van der Waals surface area contributed by atoms with Crippen molar-refractivity contribution in [3.63, 3.8) is 0 Å². The van der Waals surface area contributed by atoms with Crippen molar-refractivity contribution in [2.24, 2.45) is 33.8 Å². The summed E-state index contributed by atoms with van der Waals surface area (Å²) in [4.78, 5) is 105. The maximum Gasteiger partial charge on any atom is 0.515 e. The van der Waals surface area contributed by atoms with E-state index in [1.54, 1.807) is 54.6 Å². The lowest BCUT2D eigenvalue weighted by Crippen LogP contribution is -2.46. The number of amides is 3. The molecule has 0 radical (unpaired) electrons. The predicted octanol–water partition coefficient (Wildman–Crippen LogP) is 15.2. The summed E-state index contributed by atoms with van der Waals surface area (Å²) in [5.74, 6) is -0.0515. The van der Waals surface area contributed by atoms with Gasteiger partial charge in [-0.05, 0) is 163 Å². The average molecular weight is 1300 g/mol. The number of halogens is 6. The van der Waals surface area contributed by atoms with Crippen molar-refractivity contribution < 1.29 is 47.6 Å². The van der Waals surface area contributed by atoms with Gasteiger partial charge in [0, 0.05) is 57.3 Å². The normalized spacial score (nSPS) is 16.8. The van der Waals surface area contributed by atoms with Gasteiger partial charge >= 0.3 is 25.9 Å². The Labute approximate surface area is 527 Å². The standard InChI is InChI=1S/C31H34N6O5.C14H15NO2.C13H17NO.C3Cl6O3/c38-26(20-9-4-5-10-20)18-36-25-16-7-6-15-24(25)28(21-11-2-1-3-12-21)34-37(31(36)41)19-27(39)32-23-14-8-13-22(17-23)29-33-30(40)42-35-29;16-10-15-13-9-5-4-8-12(13)14(17)11-6-2-1-3-7-11;14-12-9-5-4-8-11(12)13(15)10-6-2-1-3-7-10;4-2(5,6)11-1(10)12-3(7,8)9/h6-8,13-17,20-21H,1-5,9-12,18-19H2,(H,32,39)(H,33,35,40);4-5,8-9,11H,1-3,6-7H2;4-5,8-10H,1-3,6-7,14H2;. The van der Waals surface area contributed by atoms with Gasteiger partial charge in [0.1, 0.15) is 6.54 Å². The van der Waals surface area contributed by atoms with E-state index in [9.17, 15) is 38.4 Å². The summed E-state index contributed by atoms with van der Waals surface area (Å²) in [5.41, 5.74) is 11.4. The molecule has 4 saturated carbocycles. The fourth-order valence-electron chi connectivity index (χ4n) is 11.2. The van der Waals surface area contributed by atoms with Crippen LogP contribution in [0, 0.1) is 23.7 Å². The second-order valence-electron chi connectivity index (χ2n) is 21.3. The van der Waals surface area contributed by atoms with Crippen LogP contribution in [-0.4, -0.2) is 83.4 Å². The molecular formula is C61H66Cl6N8O11. The number of ether oxygens (including phenoxy) is 2. The van der Waals surface area contributed by atoms with Crippen LogP contribution in [0.1, 0.15) is 148 Å². The number of nitrogen functional groups attached to an aromatic ring is 1. The van der Waals surface area contributed by atoms with Crippen molar-refractivity contribution in [3.8, 4) is 11.4 Å². The third-order valence-electron chi connectivity index (χ3n) is 15.3. The van der Waals surface area contributed by atoms with E-state index < -0.39 is 31.8 Å². The van der Waals surface area contributed by atoms with E-state index in [4.69, 9.17) is 80.4 Å². The van der Waals surface area contributed by atoms with Crippen LogP contribution in [0.3, 0.4) is 0 Å². The van der Waals surface area contributed by atoms with E-state index in [-0.39, 0.29) is 59.9 Å². The highest BCUT2D eigenvalue weighted by Gasteiger charge is 2.37. The van der Waals surface area contributed by atoms with Crippen LogP contribution in [0.4, 0.5) is 32.3 Å². The van der Waals surface area contributed by atoms with Gasteiger partial charge in [-0.1, -0.05) is 130 Å². The number of H-pyrrole nitrogens is 1. The first-order chi connectivity index (χ1) is 41.2. The van der Waals surface area contributed by atoms with Gasteiger partial charge in [-0.15, -0.1) is 0 Å². The van der Waals surface area contributed by atoms with E-state index in [1.165, 1.54) is 48.1 Å². The van der Waals surface area contributed by atoms with Crippen LogP contribution in [0.5, 0.6) is 0 Å². The Morgan fingerprint density at radius 1 is 0.663 bits per heavy atom. The number of carbonyl (C=O) groups is 6. The number of Topliss-reactive ketones (excluding diaryl/α,β-unsaturated/α-hetero) is 3. The van der Waals surface area contributed by atoms with Crippen LogP contribution < -0.4 is 21.7 Å². The molecule has 4 N–H and O–H groups in total. The number of aromatic amines is 1. The lowest BCUT2D eigenvalue weighted by molar-refractivity contribution is -0.121. The quantitative estimate of drug-likeness (QED) is 0.0247. The van der Waals surface area contributed by atoms with Gasteiger partial charge in [0.15, 0.2) is 23.2 Å². The molecule has 0 bridgehead atoms. The van der Waals surface area contributed by atoms with Gasteiger partial charge in [0.2, 0.25) is 12.0 Å². The number of hydrogen-bond donors (Lipinski definition) is 3. The molecule has 0 unspecified atom stereocenters. The van der Waals surface area contributed by atoms with Gasteiger partial charge in [-0.2, -0.15) is 10.1 Å². The van der Waals surface area contributed by atoms with Crippen LogP contribution in [0.2, 0.25) is 0 Å². The molecule has 1 aromatic heterocycles. The molecule has 25 heteroatoms. The number of rotatable bonds is 13. The summed E-state index contributed by atoms with van der Waals surface area (Å²) in [6.07, 6.45) is 20.2. The topological polar surface area (TPSA) is 266 Å². The number of nitrogens with two attached hydrogens (primary N) is 1. The minimum absolute atomic E-state index is 0.0453. The molecule has 3 amide bonds. The second kappa shape index (κ2) is 32.4. The summed E-state index contributed by atoms with van der Waals surface area (Å²) < 4.78 is 8.09. The SMILES string of the molecule is Nc1ccccc1C(=O)C1CCCCC1.O=C(CN1N=C(C2CCCCC2)c2ccccc2N(CC(=O)C2CCCC2)C1=O)Nc1cccc(-c2noc(=O)[nH]2)c1.O=C(OC(Cl)(Cl)Cl)OC(Cl)(Cl)Cl.O=C=Nc1ccccc1C(=O)C1CCCCC1. The molecule has 4 aromatic carbocycles. The largest absolute Gasteiger partial charge is 0.515 e. The zero-order valence-corrected chi connectivity index (χ0v) is 51.5. The number of fused-ring (bicyclic) bond motifs is 1. The monoisotopic (exact) mass is 1300 g/mol. The Kier molecular flexibility index (Phi) is 25.2. The number of nitrogens with zero attached hydrogens (tertiary/aromatic N) is 5. The number of benzene rings is 4. The first kappa shape index (κ1) is 66.9. The molecule has 5 aromatic rings. The van der Waals surface area contributed by atoms with Crippen molar-refractivity contribution in [2.75, 3.05) is 29.0 Å². The van der Waals surface area contributed by atoms with Crippen LogP contribution in [-0.2, 0) is 23.9 Å². The molecule has 2 heterocycles. The Bertz CT molecular complexity index is 3280. The van der Waals surface area contributed by atoms with Crippen molar-refractivity contribution in [1.29, 1.82) is 0 Å². The molecule has 0 saturated heterocycles. The maximum atomic E-state index is 14.1. The number of aliphatic imine (C=N–C) groups is 1. The van der Waals surface area contributed by atoms with Gasteiger partial charge in [-0.3, -0.25) is 33.6 Å². The minimum atomic E-state index is -2.24. The Morgan fingerprint density at radius 3 is 1.78 bits per heavy atom. The van der Waals surface area contributed by atoms with E-state index >= 15 is 0 Å². The van der Waals surface area contributed by atoms with Crippen molar-refractivity contribution in [1.82, 2.24) is 15.1 Å². The molecule has 458 valence electrons. The molecule has 4 fully saturated rings. The highest BCUT2D eigenvalue weighted by molar-refractivity contribution is 6.67. The number of para-hydroxylation sites is 3. The Balaban J connectivity index is 0.000000196. The molecule has 10 rings (SSSR count). The van der Waals surface area contributed by atoms with Crippen LogP contribution >= 0.6 is 69.6 Å². The number of aromatic nitrogens is 2. The second-order valence-corrected chi connectivity index (χ2v) is 25.7. The highest BCUT2D eigenvalue weighted by Crippen LogP contribution is 2.37. The van der Waals surface area contributed by atoms with Gasteiger partial charge < -0.3 is 20.5 Å². The van der Waals surface area contributed by atoms with Crippen molar-refractivity contribution >= 4 is 140 Å². The fourth-order valence-corrected chi connectivity index (χ4v) is 11.6. The number of hydrazone groups is 1. The van der Waals surface area contributed by atoms with Crippen LogP contribution in [0.25, 0.3) is 11.4 Å². The maximum absolute atomic E-state index is 14.1. The zero-order valence-electron chi connectivity index (χ0n) is 47.0. The smallest absolute Gasteiger partial charge is 0.398 e. The highest BCUT2D eigenvalue weighted by atomic mass is 35.6. The Hall–Kier alpha value is -6.57. The lowest BCUT2D eigenvalue weighted by Gasteiger charge is -2.26. The fraction of sp³-hybridized carbons (Fsp3) is 0.443. The summed E-state index contributed by atoms with van der Waals surface area (Å²) in [5, 5.41) is 12.6. The molecule has 19 nitrogen and oxygen atoms in total. The molecule has 4 aliphatic carbocycles. The first-order valence-corrected chi connectivity index (χ1v) is 30.9. The van der Waals surface area contributed by atoms with Gasteiger partial charge in [0.05, 0.1) is 23.6 Å². The van der Waals surface area contributed by atoms with Gasteiger partial charge in [-0.25, -0.2) is 24.2 Å². The average Bonchev–Trinajstić information content (AvgIpc) is 2.20. The van der Waals surface area contributed by atoms with E-state index in [0.29, 0.717) is 39.4 Å². The van der Waals surface area contributed by atoms with Crippen molar-refractivity contribution in [2.45, 2.75) is 130 Å². The lowest BCUT2D eigenvalue weighted by atomic mass is 9.83. The van der Waals surface area contributed by atoms with Gasteiger partial charge in [0.25, 0.3) is 0 Å². The molecule has 0 atom stereocenters. The van der Waals surface area contributed by atoms with E-state index in [2.05, 4.69) is 34.4 Å².